The molecule has 1 rings (SSSR count). The molecule has 1 aromatic heterocycles. The Kier molecular flexibility index (Phi) is 5.35. The van der Waals surface area contributed by atoms with Gasteiger partial charge in [-0.2, -0.15) is 5.10 Å². The second-order valence-corrected chi connectivity index (χ2v) is 3.39. The summed E-state index contributed by atoms with van der Waals surface area (Å²) in [5.74, 6) is -0.305. The quantitative estimate of drug-likeness (QED) is 0.540. The number of aromatic nitrogens is 2. The average molecular weight is 227 g/mol. The van der Waals surface area contributed by atoms with Gasteiger partial charge in [0.25, 0.3) is 0 Å². The fraction of sp³-hybridized carbons (Fsp3) is 0.600. The molecule has 0 aromatic carbocycles. The Hall–Kier alpha value is -1.56. The van der Waals surface area contributed by atoms with Crippen molar-refractivity contribution in [3.8, 4) is 0 Å². The Morgan fingerprint density at radius 2 is 2.25 bits per heavy atom. The van der Waals surface area contributed by atoms with Gasteiger partial charge < -0.3 is 15.2 Å². The number of ether oxygens (including phenoxy) is 2. The lowest BCUT2D eigenvalue weighted by Gasteiger charge is -2.04. The molecule has 6 nitrogen and oxygen atoms in total. The zero-order valence-corrected chi connectivity index (χ0v) is 9.39. The summed E-state index contributed by atoms with van der Waals surface area (Å²) >= 11 is 0. The van der Waals surface area contributed by atoms with Crippen molar-refractivity contribution < 1.29 is 14.3 Å². The highest BCUT2D eigenvalue weighted by molar-refractivity contribution is 5.69. The van der Waals surface area contributed by atoms with Gasteiger partial charge in [-0.05, 0) is 12.8 Å². The van der Waals surface area contributed by atoms with E-state index in [-0.39, 0.29) is 12.5 Å². The minimum Gasteiger partial charge on any atom is -0.464 e. The predicted molar refractivity (Wildman–Crippen MR) is 58.7 cm³/mol. The molecule has 90 valence electrons. The predicted octanol–water partition coefficient (Wildman–Crippen LogP) is 0.435. The van der Waals surface area contributed by atoms with Crippen molar-refractivity contribution in [3.63, 3.8) is 0 Å². The average Bonchev–Trinajstić information content (AvgIpc) is 2.63. The van der Waals surface area contributed by atoms with Crippen LogP contribution in [-0.2, 0) is 20.8 Å². The molecule has 0 saturated heterocycles. The SMILES string of the molecule is COCCCCOC(=O)Cn1cc(N)cn1. The monoisotopic (exact) mass is 227 g/mol. The molecule has 0 saturated carbocycles. The highest BCUT2D eigenvalue weighted by atomic mass is 16.5. The fourth-order valence-electron chi connectivity index (χ4n) is 1.18. The van der Waals surface area contributed by atoms with Crippen molar-refractivity contribution in [2.75, 3.05) is 26.1 Å². The molecular formula is C10H17N3O3. The summed E-state index contributed by atoms with van der Waals surface area (Å²) in [7, 11) is 1.65. The van der Waals surface area contributed by atoms with Crippen molar-refractivity contribution in [2.45, 2.75) is 19.4 Å². The van der Waals surface area contributed by atoms with Crippen LogP contribution in [0, 0.1) is 0 Å². The fourth-order valence-corrected chi connectivity index (χ4v) is 1.18. The molecule has 0 radical (unpaired) electrons. The van der Waals surface area contributed by atoms with Crippen molar-refractivity contribution in [1.82, 2.24) is 9.78 Å². The maximum Gasteiger partial charge on any atom is 0.327 e. The normalized spacial score (nSPS) is 10.3. The zero-order valence-electron chi connectivity index (χ0n) is 9.39. The van der Waals surface area contributed by atoms with Crippen LogP contribution in [-0.4, -0.2) is 36.1 Å². The molecule has 0 bridgehead atoms. The van der Waals surface area contributed by atoms with Crippen molar-refractivity contribution in [3.05, 3.63) is 12.4 Å². The first-order valence-corrected chi connectivity index (χ1v) is 5.15. The van der Waals surface area contributed by atoms with Gasteiger partial charge in [0.15, 0.2) is 0 Å². The third kappa shape index (κ3) is 4.79. The molecule has 0 atom stereocenters. The summed E-state index contributed by atoms with van der Waals surface area (Å²) in [6, 6.07) is 0. The number of carbonyl (C=O) groups is 1. The van der Waals surface area contributed by atoms with Crippen molar-refractivity contribution >= 4 is 11.7 Å². The number of nitrogen functional groups attached to an aromatic ring is 1. The molecule has 1 aromatic rings. The second-order valence-electron chi connectivity index (χ2n) is 3.39. The maximum absolute atomic E-state index is 11.3. The van der Waals surface area contributed by atoms with E-state index in [2.05, 4.69) is 5.10 Å². The maximum atomic E-state index is 11.3. The number of rotatable bonds is 7. The lowest BCUT2D eigenvalue weighted by atomic mass is 10.3. The zero-order chi connectivity index (χ0) is 11.8. The molecule has 0 aliphatic carbocycles. The van der Waals surface area contributed by atoms with Crippen LogP contribution >= 0.6 is 0 Å². The second kappa shape index (κ2) is 6.84. The third-order valence-corrected chi connectivity index (χ3v) is 1.95. The summed E-state index contributed by atoms with van der Waals surface area (Å²) in [4.78, 5) is 11.3. The number of anilines is 1. The van der Waals surface area contributed by atoms with Gasteiger partial charge in [0.05, 0.1) is 18.5 Å². The summed E-state index contributed by atoms with van der Waals surface area (Å²) in [5, 5.41) is 3.88. The van der Waals surface area contributed by atoms with E-state index in [9.17, 15) is 4.79 Å². The minimum absolute atomic E-state index is 0.0987. The molecule has 0 aliphatic rings. The van der Waals surface area contributed by atoms with E-state index in [0.717, 1.165) is 12.8 Å². The first kappa shape index (κ1) is 12.5. The largest absolute Gasteiger partial charge is 0.464 e. The van der Waals surface area contributed by atoms with E-state index in [0.29, 0.717) is 18.9 Å². The summed E-state index contributed by atoms with van der Waals surface area (Å²) in [5.41, 5.74) is 6.00. The highest BCUT2D eigenvalue weighted by Crippen LogP contribution is 1.98. The molecule has 16 heavy (non-hydrogen) atoms. The number of hydrogen-bond donors (Lipinski definition) is 1. The van der Waals surface area contributed by atoms with E-state index in [4.69, 9.17) is 15.2 Å². The van der Waals surface area contributed by atoms with Crippen molar-refractivity contribution in [1.29, 1.82) is 0 Å². The summed E-state index contributed by atoms with van der Waals surface area (Å²) in [6.45, 7) is 1.20. The highest BCUT2D eigenvalue weighted by Gasteiger charge is 2.04. The van der Waals surface area contributed by atoms with Crippen LogP contribution in [0.5, 0.6) is 0 Å². The lowest BCUT2D eigenvalue weighted by Crippen LogP contribution is -2.14. The molecular weight excluding hydrogens is 210 g/mol. The Morgan fingerprint density at radius 3 is 2.88 bits per heavy atom. The summed E-state index contributed by atoms with van der Waals surface area (Å²) < 4.78 is 11.3. The van der Waals surface area contributed by atoms with Crippen LogP contribution in [0.3, 0.4) is 0 Å². The third-order valence-electron chi connectivity index (χ3n) is 1.95. The number of esters is 1. The molecule has 1 heterocycles. The Morgan fingerprint density at radius 1 is 1.50 bits per heavy atom. The number of carbonyl (C=O) groups excluding carboxylic acids is 1. The number of nitrogens with zero attached hydrogens (tertiary/aromatic N) is 2. The molecule has 2 N–H and O–H groups in total. The van der Waals surface area contributed by atoms with Crippen molar-refractivity contribution in [2.24, 2.45) is 0 Å². The van der Waals surface area contributed by atoms with Crippen LogP contribution < -0.4 is 5.73 Å². The number of nitrogens with two attached hydrogens (primary N) is 1. The van der Waals surface area contributed by atoms with Gasteiger partial charge in [-0.3, -0.25) is 9.48 Å². The van der Waals surface area contributed by atoms with Crippen LogP contribution in [0.25, 0.3) is 0 Å². The van der Waals surface area contributed by atoms with E-state index in [1.54, 1.807) is 13.3 Å². The van der Waals surface area contributed by atoms with Gasteiger partial charge >= 0.3 is 5.97 Å². The van der Waals surface area contributed by atoms with Crippen LogP contribution in [0.2, 0.25) is 0 Å². The minimum atomic E-state index is -0.305. The number of hydrogen-bond acceptors (Lipinski definition) is 5. The van der Waals surface area contributed by atoms with Gasteiger partial charge in [0.1, 0.15) is 6.54 Å². The standard InChI is InChI=1S/C10H17N3O3/c1-15-4-2-3-5-16-10(14)8-13-7-9(11)6-12-13/h6-7H,2-5,8,11H2,1H3. The van der Waals surface area contributed by atoms with Gasteiger partial charge in [-0.1, -0.05) is 0 Å². The van der Waals surface area contributed by atoms with Crippen LogP contribution in [0.15, 0.2) is 12.4 Å². The molecule has 0 unspecified atom stereocenters. The van der Waals surface area contributed by atoms with Crippen LogP contribution in [0.1, 0.15) is 12.8 Å². The Bertz CT molecular complexity index is 325. The molecule has 0 aliphatic heterocycles. The first-order valence-electron chi connectivity index (χ1n) is 5.15. The van der Waals surface area contributed by atoms with E-state index >= 15 is 0 Å². The van der Waals surface area contributed by atoms with Gasteiger partial charge in [-0.15, -0.1) is 0 Å². The van der Waals surface area contributed by atoms with E-state index < -0.39 is 0 Å². The molecule has 0 spiro atoms. The molecule has 6 heteroatoms. The number of unbranched alkanes of at least 4 members (excludes halogenated alkanes) is 1. The summed E-state index contributed by atoms with van der Waals surface area (Å²) in [6.07, 6.45) is 4.78. The van der Waals surface area contributed by atoms with Gasteiger partial charge in [0, 0.05) is 19.9 Å². The number of methoxy groups -OCH3 is 1. The lowest BCUT2D eigenvalue weighted by molar-refractivity contribution is -0.144. The Balaban J connectivity index is 2.11. The topological polar surface area (TPSA) is 79.4 Å². The Labute approximate surface area is 94.3 Å². The molecule has 0 fully saturated rings. The van der Waals surface area contributed by atoms with Gasteiger partial charge in [-0.25, -0.2) is 0 Å². The van der Waals surface area contributed by atoms with Gasteiger partial charge in [0.2, 0.25) is 0 Å². The first-order chi connectivity index (χ1) is 7.72. The van der Waals surface area contributed by atoms with E-state index in [1.807, 2.05) is 0 Å². The van der Waals surface area contributed by atoms with Crippen LogP contribution in [0.4, 0.5) is 5.69 Å². The smallest absolute Gasteiger partial charge is 0.327 e. The molecule has 0 amide bonds. The van der Waals surface area contributed by atoms with E-state index in [1.165, 1.54) is 10.9 Å².